The van der Waals surface area contributed by atoms with Gasteiger partial charge in [0.1, 0.15) is 0 Å². The standard InChI is InChI=1S/C18H32N2/c1-13(2)18(14(3)4)12-19-15(5)16-8-10-17(11-9-16)20(6)7/h8-11,13-15,18-19H,12H2,1-7H3. The normalized spacial score (nSPS) is 13.3. The number of nitrogens with one attached hydrogen (secondary N) is 1. The molecule has 1 aromatic rings. The smallest absolute Gasteiger partial charge is 0.0361 e. The first-order valence-electron chi connectivity index (χ1n) is 7.83. The summed E-state index contributed by atoms with van der Waals surface area (Å²) in [5.74, 6) is 2.19. The molecule has 2 heteroatoms. The Bertz CT molecular complexity index is 371. The fourth-order valence-electron chi connectivity index (χ4n) is 2.73. The summed E-state index contributed by atoms with van der Waals surface area (Å²) in [6, 6.07) is 9.25. The molecule has 0 bridgehead atoms. The summed E-state index contributed by atoms with van der Waals surface area (Å²) in [7, 11) is 4.15. The monoisotopic (exact) mass is 276 g/mol. The predicted octanol–water partition coefficient (Wildman–Crippen LogP) is 4.33. The zero-order valence-electron chi connectivity index (χ0n) is 14.3. The summed E-state index contributed by atoms with van der Waals surface area (Å²) in [6.45, 7) is 12.6. The van der Waals surface area contributed by atoms with Crippen molar-refractivity contribution in [1.82, 2.24) is 5.32 Å². The van der Waals surface area contributed by atoms with E-state index in [0.29, 0.717) is 6.04 Å². The van der Waals surface area contributed by atoms with E-state index < -0.39 is 0 Å². The average molecular weight is 276 g/mol. The molecule has 1 aromatic carbocycles. The zero-order valence-corrected chi connectivity index (χ0v) is 14.3. The fourth-order valence-corrected chi connectivity index (χ4v) is 2.73. The van der Waals surface area contributed by atoms with Crippen LogP contribution in [0.2, 0.25) is 0 Å². The van der Waals surface area contributed by atoms with Gasteiger partial charge in [0.2, 0.25) is 0 Å². The second-order valence-corrected chi connectivity index (χ2v) is 6.77. The van der Waals surface area contributed by atoms with Crippen LogP contribution in [0.25, 0.3) is 0 Å². The molecule has 0 fully saturated rings. The van der Waals surface area contributed by atoms with Crippen LogP contribution in [-0.4, -0.2) is 20.6 Å². The third-order valence-electron chi connectivity index (χ3n) is 4.28. The molecule has 0 saturated heterocycles. The summed E-state index contributed by atoms with van der Waals surface area (Å²) < 4.78 is 0. The highest BCUT2D eigenvalue weighted by Crippen LogP contribution is 2.22. The second kappa shape index (κ2) is 7.68. The van der Waals surface area contributed by atoms with Gasteiger partial charge in [-0.1, -0.05) is 39.8 Å². The Morgan fingerprint density at radius 1 is 0.900 bits per heavy atom. The molecule has 0 aromatic heterocycles. The third kappa shape index (κ3) is 4.82. The number of hydrogen-bond donors (Lipinski definition) is 1. The minimum Gasteiger partial charge on any atom is -0.378 e. The molecule has 0 spiro atoms. The first kappa shape index (κ1) is 17.0. The van der Waals surface area contributed by atoms with E-state index in [1.54, 1.807) is 0 Å². The van der Waals surface area contributed by atoms with Gasteiger partial charge in [0.25, 0.3) is 0 Å². The first-order valence-corrected chi connectivity index (χ1v) is 7.83. The minimum absolute atomic E-state index is 0.409. The highest BCUT2D eigenvalue weighted by molar-refractivity contribution is 5.46. The number of rotatable bonds is 7. The van der Waals surface area contributed by atoms with Gasteiger partial charge in [0.05, 0.1) is 0 Å². The van der Waals surface area contributed by atoms with Gasteiger partial charge in [-0.2, -0.15) is 0 Å². The number of hydrogen-bond acceptors (Lipinski definition) is 2. The van der Waals surface area contributed by atoms with Gasteiger partial charge >= 0.3 is 0 Å². The van der Waals surface area contributed by atoms with Crippen molar-refractivity contribution in [3.05, 3.63) is 29.8 Å². The van der Waals surface area contributed by atoms with E-state index in [1.807, 2.05) is 0 Å². The molecule has 1 N–H and O–H groups in total. The van der Waals surface area contributed by atoms with Crippen LogP contribution >= 0.6 is 0 Å². The molecule has 0 aliphatic rings. The second-order valence-electron chi connectivity index (χ2n) is 6.77. The van der Waals surface area contributed by atoms with Crippen LogP contribution in [0.5, 0.6) is 0 Å². The van der Waals surface area contributed by atoms with E-state index in [2.05, 4.69) is 83.2 Å². The lowest BCUT2D eigenvalue weighted by Gasteiger charge is -2.27. The Morgan fingerprint density at radius 2 is 1.40 bits per heavy atom. The third-order valence-corrected chi connectivity index (χ3v) is 4.28. The van der Waals surface area contributed by atoms with Crippen LogP contribution in [0.3, 0.4) is 0 Å². The molecule has 0 radical (unpaired) electrons. The largest absolute Gasteiger partial charge is 0.378 e. The maximum atomic E-state index is 3.70. The first-order chi connectivity index (χ1) is 9.32. The molecule has 0 heterocycles. The van der Waals surface area contributed by atoms with E-state index in [9.17, 15) is 0 Å². The SMILES string of the molecule is CC(NCC(C(C)C)C(C)C)c1ccc(N(C)C)cc1. The molecule has 0 aliphatic carbocycles. The topological polar surface area (TPSA) is 15.3 Å². The van der Waals surface area contributed by atoms with Crippen molar-refractivity contribution in [3.63, 3.8) is 0 Å². The Morgan fingerprint density at radius 3 is 1.80 bits per heavy atom. The Labute approximate surface area is 125 Å². The number of benzene rings is 1. The molecule has 1 unspecified atom stereocenters. The van der Waals surface area contributed by atoms with Crippen LogP contribution < -0.4 is 10.2 Å². The van der Waals surface area contributed by atoms with Crippen molar-refractivity contribution < 1.29 is 0 Å². The van der Waals surface area contributed by atoms with Crippen molar-refractivity contribution in [2.75, 3.05) is 25.5 Å². The summed E-state index contributed by atoms with van der Waals surface area (Å²) in [5.41, 5.74) is 2.62. The summed E-state index contributed by atoms with van der Waals surface area (Å²) in [5, 5.41) is 3.70. The lowest BCUT2D eigenvalue weighted by Crippen LogP contribution is -2.31. The van der Waals surface area contributed by atoms with E-state index >= 15 is 0 Å². The molecule has 1 rings (SSSR count). The van der Waals surface area contributed by atoms with Crippen LogP contribution in [0.4, 0.5) is 5.69 Å². The molecular weight excluding hydrogens is 244 g/mol. The van der Waals surface area contributed by atoms with Gasteiger partial charge in [-0.3, -0.25) is 0 Å². The van der Waals surface area contributed by atoms with Crippen LogP contribution in [0.15, 0.2) is 24.3 Å². The summed E-state index contributed by atoms with van der Waals surface area (Å²) in [4.78, 5) is 2.13. The van der Waals surface area contributed by atoms with Crippen molar-refractivity contribution in [2.45, 2.75) is 40.7 Å². The quantitative estimate of drug-likeness (QED) is 0.797. The molecule has 0 saturated carbocycles. The summed E-state index contributed by atoms with van der Waals surface area (Å²) in [6.07, 6.45) is 0. The molecule has 0 aliphatic heterocycles. The molecule has 0 amide bonds. The number of anilines is 1. The Hall–Kier alpha value is -1.02. The lowest BCUT2D eigenvalue weighted by atomic mass is 9.85. The molecule has 2 nitrogen and oxygen atoms in total. The Kier molecular flexibility index (Phi) is 6.54. The molecule has 114 valence electrons. The lowest BCUT2D eigenvalue weighted by molar-refractivity contribution is 0.268. The van der Waals surface area contributed by atoms with Crippen molar-refractivity contribution in [1.29, 1.82) is 0 Å². The van der Waals surface area contributed by atoms with Crippen LogP contribution in [0.1, 0.15) is 46.2 Å². The van der Waals surface area contributed by atoms with Gasteiger partial charge in [-0.15, -0.1) is 0 Å². The average Bonchev–Trinajstić information content (AvgIpc) is 2.38. The fraction of sp³-hybridized carbons (Fsp3) is 0.667. The maximum Gasteiger partial charge on any atom is 0.0361 e. The van der Waals surface area contributed by atoms with Crippen LogP contribution in [0, 0.1) is 17.8 Å². The minimum atomic E-state index is 0.409. The zero-order chi connectivity index (χ0) is 15.3. The van der Waals surface area contributed by atoms with Crippen molar-refractivity contribution in [3.8, 4) is 0 Å². The predicted molar refractivity (Wildman–Crippen MR) is 90.4 cm³/mol. The number of nitrogens with zero attached hydrogens (tertiary/aromatic N) is 1. The van der Waals surface area contributed by atoms with Gasteiger partial charge < -0.3 is 10.2 Å². The summed E-state index contributed by atoms with van der Waals surface area (Å²) >= 11 is 0. The highest BCUT2D eigenvalue weighted by Gasteiger charge is 2.18. The molecule has 1 atom stereocenters. The Balaban J connectivity index is 2.60. The van der Waals surface area contributed by atoms with E-state index in [1.165, 1.54) is 11.3 Å². The van der Waals surface area contributed by atoms with E-state index in [-0.39, 0.29) is 0 Å². The maximum absolute atomic E-state index is 3.70. The van der Waals surface area contributed by atoms with Crippen LogP contribution in [-0.2, 0) is 0 Å². The van der Waals surface area contributed by atoms with Gasteiger partial charge in [0.15, 0.2) is 0 Å². The van der Waals surface area contributed by atoms with Gasteiger partial charge in [-0.25, -0.2) is 0 Å². The van der Waals surface area contributed by atoms with E-state index in [4.69, 9.17) is 0 Å². The van der Waals surface area contributed by atoms with Gasteiger partial charge in [0, 0.05) is 25.8 Å². The van der Waals surface area contributed by atoms with Crippen molar-refractivity contribution >= 4 is 5.69 Å². The molecular formula is C18H32N2. The van der Waals surface area contributed by atoms with Gasteiger partial charge in [-0.05, 0) is 48.9 Å². The molecule has 20 heavy (non-hydrogen) atoms. The van der Waals surface area contributed by atoms with Crippen molar-refractivity contribution in [2.24, 2.45) is 17.8 Å². The highest BCUT2D eigenvalue weighted by atomic mass is 15.1. The van der Waals surface area contributed by atoms with E-state index in [0.717, 1.165) is 24.3 Å².